The van der Waals surface area contributed by atoms with Gasteiger partial charge in [-0.3, -0.25) is 14.9 Å². The average molecular weight is 327 g/mol. The van der Waals surface area contributed by atoms with E-state index < -0.39 is 4.92 Å². The summed E-state index contributed by atoms with van der Waals surface area (Å²) in [4.78, 5) is 21.7. The topological polar surface area (TPSA) is 105 Å². The Morgan fingerprint density at radius 2 is 1.83 bits per heavy atom. The molecule has 7 heteroatoms. The standard InChI is InChI=1S/C17H17N3O4/c21-16-10-6-13(7-11-16)2-1-3-17(22)19-18-12-14-4-8-15(9-5-14)20(23)24/h4-12,21H,1-3H2,(H,19,22)/b18-12+. The number of aryl methyl sites for hydroxylation is 1. The maximum atomic E-state index is 11.7. The number of hydrogen-bond acceptors (Lipinski definition) is 5. The normalized spacial score (nSPS) is 10.7. The van der Waals surface area contributed by atoms with Crippen molar-refractivity contribution in [3.8, 4) is 5.75 Å². The Balaban J connectivity index is 1.72. The molecule has 1 amide bonds. The highest BCUT2D eigenvalue weighted by molar-refractivity contribution is 5.82. The summed E-state index contributed by atoms with van der Waals surface area (Å²) in [5.74, 6) is 0.0176. The van der Waals surface area contributed by atoms with E-state index in [0.717, 1.165) is 12.0 Å². The number of benzene rings is 2. The van der Waals surface area contributed by atoms with E-state index in [2.05, 4.69) is 10.5 Å². The second kappa shape index (κ2) is 8.42. The maximum absolute atomic E-state index is 11.7. The number of hydrazone groups is 1. The van der Waals surface area contributed by atoms with Gasteiger partial charge in [-0.05, 0) is 48.2 Å². The minimum Gasteiger partial charge on any atom is -0.508 e. The van der Waals surface area contributed by atoms with Crippen LogP contribution in [-0.2, 0) is 11.2 Å². The van der Waals surface area contributed by atoms with Crippen LogP contribution in [0.4, 0.5) is 5.69 Å². The fourth-order valence-corrected chi connectivity index (χ4v) is 2.03. The molecule has 0 atom stereocenters. The van der Waals surface area contributed by atoms with E-state index in [1.807, 2.05) is 12.1 Å². The van der Waals surface area contributed by atoms with E-state index in [1.165, 1.54) is 18.3 Å². The van der Waals surface area contributed by atoms with E-state index >= 15 is 0 Å². The summed E-state index contributed by atoms with van der Waals surface area (Å²) in [7, 11) is 0. The van der Waals surface area contributed by atoms with Crippen molar-refractivity contribution in [2.75, 3.05) is 0 Å². The van der Waals surface area contributed by atoms with Gasteiger partial charge in [0.2, 0.25) is 5.91 Å². The molecule has 2 rings (SSSR count). The van der Waals surface area contributed by atoms with E-state index in [1.54, 1.807) is 24.3 Å². The molecule has 0 radical (unpaired) electrons. The van der Waals surface area contributed by atoms with Crippen molar-refractivity contribution in [3.63, 3.8) is 0 Å². The maximum Gasteiger partial charge on any atom is 0.269 e. The predicted molar refractivity (Wildman–Crippen MR) is 89.9 cm³/mol. The van der Waals surface area contributed by atoms with E-state index in [9.17, 15) is 20.0 Å². The fraction of sp³-hybridized carbons (Fsp3) is 0.176. The molecule has 124 valence electrons. The number of amides is 1. The summed E-state index contributed by atoms with van der Waals surface area (Å²) in [6, 6.07) is 12.7. The zero-order valence-electron chi connectivity index (χ0n) is 12.9. The van der Waals surface area contributed by atoms with Crippen LogP contribution in [0.3, 0.4) is 0 Å². The minimum absolute atomic E-state index is 0.00502. The molecule has 2 N–H and O–H groups in total. The molecule has 0 fully saturated rings. The molecule has 0 aliphatic heterocycles. The van der Waals surface area contributed by atoms with E-state index in [-0.39, 0.29) is 17.3 Å². The molecule has 0 saturated heterocycles. The van der Waals surface area contributed by atoms with Crippen LogP contribution < -0.4 is 5.43 Å². The first kappa shape index (κ1) is 17.1. The second-order valence-corrected chi connectivity index (χ2v) is 5.16. The first-order valence-corrected chi connectivity index (χ1v) is 7.39. The zero-order chi connectivity index (χ0) is 17.4. The van der Waals surface area contributed by atoms with Crippen molar-refractivity contribution in [1.82, 2.24) is 5.43 Å². The number of nitrogens with zero attached hydrogens (tertiary/aromatic N) is 2. The molecule has 2 aromatic carbocycles. The SMILES string of the molecule is O=C(CCCc1ccc(O)cc1)N/N=C/c1ccc([N+](=O)[O-])cc1. The molecular formula is C17H17N3O4. The Kier molecular flexibility index (Phi) is 6.01. The minimum atomic E-state index is -0.475. The van der Waals surface area contributed by atoms with Gasteiger partial charge < -0.3 is 5.11 Å². The molecule has 7 nitrogen and oxygen atoms in total. The van der Waals surface area contributed by atoms with Crippen molar-refractivity contribution >= 4 is 17.8 Å². The summed E-state index contributed by atoms with van der Waals surface area (Å²) in [6.07, 6.45) is 3.17. The van der Waals surface area contributed by atoms with Crippen molar-refractivity contribution in [2.45, 2.75) is 19.3 Å². The lowest BCUT2D eigenvalue weighted by Crippen LogP contribution is -2.17. The number of phenolic OH excluding ortho intramolecular Hbond substituents is 1. The number of carbonyl (C=O) groups excluding carboxylic acids is 1. The second-order valence-electron chi connectivity index (χ2n) is 5.16. The Morgan fingerprint density at radius 1 is 1.17 bits per heavy atom. The molecule has 2 aromatic rings. The summed E-state index contributed by atoms with van der Waals surface area (Å²) >= 11 is 0. The van der Waals surface area contributed by atoms with Crippen LogP contribution >= 0.6 is 0 Å². The monoisotopic (exact) mass is 327 g/mol. The van der Waals surface area contributed by atoms with E-state index in [4.69, 9.17) is 0 Å². The van der Waals surface area contributed by atoms with Gasteiger partial charge in [0, 0.05) is 18.6 Å². The summed E-state index contributed by atoms with van der Waals surface area (Å²) in [5.41, 5.74) is 4.13. The summed E-state index contributed by atoms with van der Waals surface area (Å²) < 4.78 is 0. The summed E-state index contributed by atoms with van der Waals surface area (Å²) in [5, 5.41) is 23.6. The van der Waals surface area contributed by atoms with Crippen LogP contribution in [0.2, 0.25) is 0 Å². The van der Waals surface area contributed by atoms with Crippen LogP contribution in [0.5, 0.6) is 5.75 Å². The van der Waals surface area contributed by atoms with Gasteiger partial charge in [0.05, 0.1) is 11.1 Å². The predicted octanol–water partition coefficient (Wildman–Crippen LogP) is 2.77. The molecule has 0 spiro atoms. The Bertz CT molecular complexity index is 725. The molecule has 0 aliphatic rings. The van der Waals surface area contributed by atoms with Crippen LogP contribution in [0.15, 0.2) is 53.6 Å². The number of non-ortho nitro benzene ring substituents is 1. The van der Waals surface area contributed by atoms with Crippen LogP contribution in [-0.4, -0.2) is 22.2 Å². The smallest absolute Gasteiger partial charge is 0.269 e. The largest absolute Gasteiger partial charge is 0.508 e. The fourth-order valence-electron chi connectivity index (χ4n) is 2.03. The number of nitro groups is 1. The third-order valence-electron chi connectivity index (χ3n) is 3.31. The molecular weight excluding hydrogens is 310 g/mol. The lowest BCUT2D eigenvalue weighted by molar-refractivity contribution is -0.384. The van der Waals surface area contributed by atoms with Gasteiger partial charge in [-0.25, -0.2) is 5.43 Å². The number of phenols is 1. The van der Waals surface area contributed by atoms with Gasteiger partial charge in [0.1, 0.15) is 5.75 Å². The zero-order valence-corrected chi connectivity index (χ0v) is 12.9. The molecule has 0 aliphatic carbocycles. The number of nitro benzene ring substituents is 1. The Labute approximate surface area is 138 Å². The van der Waals surface area contributed by atoms with Gasteiger partial charge in [-0.1, -0.05) is 12.1 Å². The van der Waals surface area contributed by atoms with Crippen LogP contribution in [0, 0.1) is 10.1 Å². The highest BCUT2D eigenvalue weighted by atomic mass is 16.6. The number of aromatic hydroxyl groups is 1. The van der Waals surface area contributed by atoms with Gasteiger partial charge in [-0.15, -0.1) is 0 Å². The molecule has 0 heterocycles. The lowest BCUT2D eigenvalue weighted by Gasteiger charge is -2.02. The van der Waals surface area contributed by atoms with Crippen molar-refractivity contribution in [2.24, 2.45) is 5.10 Å². The highest BCUT2D eigenvalue weighted by Crippen LogP contribution is 2.12. The number of nitrogens with one attached hydrogen (secondary N) is 1. The quantitative estimate of drug-likeness (QED) is 0.463. The third kappa shape index (κ3) is 5.53. The molecule has 0 saturated carbocycles. The van der Waals surface area contributed by atoms with Crippen molar-refractivity contribution < 1.29 is 14.8 Å². The summed E-state index contributed by atoms with van der Waals surface area (Å²) in [6.45, 7) is 0. The van der Waals surface area contributed by atoms with E-state index in [0.29, 0.717) is 18.4 Å². The number of carbonyl (C=O) groups is 1. The first-order valence-electron chi connectivity index (χ1n) is 7.39. The molecule has 24 heavy (non-hydrogen) atoms. The third-order valence-corrected chi connectivity index (χ3v) is 3.31. The van der Waals surface area contributed by atoms with Crippen molar-refractivity contribution in [1.29, 1.82) is 0 Å². The Morgan fingerprint density at radius 3 is 2.46 bits per heavy atom. The Hall–Kier alpha value is -3.22. The van der Waals surface area contributed by atoms with Gasteiger partial charge in [-0.2, -0.15) is 5.10 Å². The van der Waals surface area contributed by atoms with Crippen LogP contribution in [0.25, 0.3) is 0 Å². The van der Waals surface area contributed by atoms with Crippen LogP contribution in [0.1, 0.15) is 24.0 Å². The highest BCUT2D eigenvalue weighted by Gasteiger charge is 2.03. The lowest BCUT2D eigenvalue weighted by atomic mass is 10.1. The first-order chi connectivity index (χ1) is 11.5. The van der Waals surface area contributed by atoms with Gasteiger partial charge in [0.15, 0.2) is 0 Å². The number of hydrogen-bond donors (Lipinski definition) is 2. The van der Waals surface area contributed by atoms with Gasteiger partial charge >= 0.3 is 0 Å². The molecule has 0 aromatic heterocycles. The van der Waals surface area contributed by atoms with Crippen molar-refractivity contribution in [3.05, 3.63) is 69.8 Å². The average Bonchev–Trinajstić information content (AvgIpc) is 2.57. The molecule has 0 bridgehead atoms. The molecule has 0 unspecified atom stereocenters. The number of rotatable bonds is 7. The van der Waals surface area contributed by atoms with Gasteiger partial charge in [0.25, 0.3) is 5.69 Å².